The molecule has 2 amide bonds. The van der Waals surface area contributed by atoms with Crippen LogP contribution in [0.2, 0.25) is 0 Å². The van der Waals surface area contributed by atoms with Gasteiger partial charge < -0.3 is 16.0 Å². The van der Waals surface area contributed by atoms with Gasteiger partial charge in [-0.2, -0.15) is 0 Å². The van der Waals surface area contributed by atoms with Crippen LogP contribution in [0, 0.1) is 0 Å². The molecule has 0 aromatic rings. The molecule has 5 nitrogen and oxygen atoms in total. The second kappa shape index (κ2) is 6.73. The van der Waals surface area contributed by atoms with Crippen molar-refractivity contribution in [2.45, 2.75) is 71.1 Å². The Morgan fingerprint density at radius 3 is 2.39 bits per heavy atom. The number of hydrogen-bond acceptors (Lipinski definition) is 3. The minimum Gasteiger partial charge on any atom is -0.352 e. The summed E-state index contributed by atoms with van der Waals surface area (Å²) in [5.41, 5.74) is 0. The van der Waals surface area contributed by atoms with Crippen LogP contribution in [0.25, 0.3) is 0 Å². The highest BCUT2D eigenvalue weighted by Crippen LogP contribution is 2.12. The molecule has 3 unspecified atom stereocenters. The predicted octanol–water partition coefficient (Wildman–Crippen LogP) is 0.546. The van der Waals surface area contributed by atoms with Crippen molar-refractivity contribution in [3.8, 4) is 0 Å². The summed E-state index contributed by atoms with van der Waals surface area (Å²) in [6.45, 7) is 7.59. The molecule has 0 aliphatic carbocycles. The van der Waals surface area contributed by atoms with E-state index in [1.165, 1.54) is 0 Å². The molecule has 1 fully saturated rings. The zero-order valence-corrected chi connectivity index (χ0v) is 11.7. The van der Waals surface area contributed by atoms with Gasteiger partial charge in [-0.25, -0.2) is 0 Å². The fraction of sp³-hybridized carbons (Fsp3) is 0.846. The molecule has 18 heavy (non-hydrogen) atoms. The number of carbonyl (C=O) groups excluding carboxylic acids is 2. The summed E-state index contributed by atoms with van der Waals surface area (Å²) in [7, 11) is 0. The average Bonchev–Trinajstić information content (AvgIpc) is 2.27. The molecule has 1 rings (SSSR count). The first kappa shape index (κ1) is 15.0. The van der Waals surface area contributed by atoms with Crippen LogP contribution < -0.4 is 16.0 Å². The summed E-state index contributed by atoms with van der Waals surface area (Å²) in [6, 6.07) is -0.194. The van der Waals surface area contributed by atoms with E-state index in [0.29, 0.717) is 6.04 Å². The van der Waals surface area contributed by atoms with E-state index in [9.17, 15) is 9.59 Å². The first-order chi connectivity index (χ1) is 8.40. The highest BCUT2D eigenvalue weighted by Gasteiger charge is 2.26. The summed E-state index contributed by atoms with van der Waals surface area (Å²) >= 11 is 0. The minimum absolute atomic E-state index is 0.0760. The summed E-state index contributed by atoms with van der Waals surface area (Å²) in [5.74, 6) is -0.213. The summed E-state index contributed by atoms with van der Waals surface area (Å²) in [5, 5.41) is 8.80. The molecule has 104 valence electrons. The Morgan fingerprint density at radius 1 is 1.17 bits per heavy atom. The maximum atomic E-state index is 12.0. The highest BCUT2D eigenvalue weighted by molar-refractivity contribution is 5.89. The summed E-state index contributed by atoms with van der Waals surface area (Å²) < 4.78 is 0. The van der Waals surface area contributed by atoms with E-state index in [1.54, 1.807) is 6.92 Å². The van der Waals surface area contributed by atoms with E-state index in [2.05, 4.69) is 22.9 Å². The molecule has 3 atom stereocenters. The molecule has 1 aliphatic rings. The van der Waals surface area contributed by atoms with Gasteiger partial charge >= 0.3 is 0 Å². The third kappa shape index (κ3) is 4.64. The van der Waals surface area contributed by atoms with Gasteiger partial charge in [-0.15, -0.1) is 0 Å². The van der Waals surface area contributed by atoms with Crippen molar-refractivity contribution in [1.29, 1.82) is 0 Å². The Kier molecular flexibility index (Phi) is 5.59. The maximum absolute atomic E-state index is 12.0. The Labute approximate surface area is 109 Å². The van der Waals surface area contributed by atoms with E-state index >= 15 is 0 Å². The first-order valence-electron chi connectivity index (χ1n) is 6.77. The largest absolute Gasteiger partial charge is 0.352 e. The Hall–Kier alpha value is -1.10. The normalized spacial score (nSPS) is 25.6. The predicted molar refractivity (Wildman–Crippen MR) is 71.1 cm³/mol. The van der Waals surface area contributed by atoms with E-state index in [1.807, 2.05) is 13.8 Å². The smallest absolute Gasteiger partial charge is 0.242 e. The molecule has 0 saturated carbocycles. The fourth-order valence-corrected chi connectivity index (χ4v) is 2.13. The monoisotopic (exact) mass is 255 g/mol. The molecule has 0 aromatic carbocycles. The fourth-order valence-electron chi connectivity index (χ4n) is 2.13. The number of rotatable bonds is 4. The second-order valence-electron chi connectivity index (χ2n) is 5.44. The Morgan fingerprint density at radius 2 is 1.83 bits per heavy atom. The van der Waals surface area contributed by atoms with Crippen LogP contribution in [-0.2, 0) is 9.59 Å². The lowest BCUT2D eigenvalue weighted by molar-refractivity contribution is -0.130. The van der Waals surface area contributed by atoms with E-state index in [4.69, 9.17) is 0 Å². The SMILES string of the molecule is CC(C)NC(=O)C(C)NC(=O)C1CCCC(C)N1. The summed E-state index contributed by atoms with van der Waals surface area (Å²) in [4.78, 5) is 23.7. The molecule has 1 heterocycles. The molecule has 0 radical (unpaired) electrons. The van der Waals surface area contributed by atoms with Crippen LogP contribution in [-0.4, -0.2) is 36.0 Å². The lowest BCUT2D eigenvalue weighted by Crippen LogP contribution is -2.55. The van der Waals surface area contributed by atoms with Crippen LogP contribution in [0.5, 0.6) is 0 Å². The van der Waals surface area contributed by atoms with Gasteiger partial charge in [-0.05, 0) is 47.0 Å². The third-order valence-electron chi connectivity index (χ3n) is 3.12. The van der Waals surface area contributed by atoms with Crippen molar-refractivity contribution in [3.05, 3.63) is 0 Å². The van der Waals surface area contributed by atoms with Crippen LogP contribution in [0.4, 0.5) is 0 Å². The van der Waals surface area contributed by atoms with Gasteiger partial charge in [0.2, 0.25) is 11.8 Å². The van der Waals surface area contributed by atoms with E-state index < -0.39 is 6.04 Å². The third-order valence-corrected chi connectivity index (χ3v) is 3.12. The van der Waals surface area contributed by atoms with Gasteiger partial charge in [-0.1, -0.05) is 0 Å². The topological polar surface area (TPSA) is 70.2 Å². The van der Waals surface area contributed by atoms with Gasteiger partial charge in [-0.3, -0.25) is 9.59 Å². The molecule has 0 bridgehead atoms. The quantitative estimate of drug-likeness (QED) is 0.687. The molecule has 0 spiro atoms. The molecule has 5 heteroatoms. The molecule has 1 saturated heterocycles. The summed E-state index contributed by atoms with van der Waals surface area (Å²) in [6.07, 6.45) is 3.00. The second-order valence-corrected chi connectivity index (χ2v) is 5.44. The first-order valence-corrected chi connectivity index (χ1v) is 6.77. The molecular formula is C13H25N3O2. The van der Waals surface area contributed by atoms with Crippen molar-refractivity contribution in [2.24, 2.45) is 0 Å². The van der Waals surface area contributed by atoms with Crippen molar-refractivity contribution >= 4 is 11.8 Å². The zero-order valence-electron chi connectivity index (χ0n) is 11.7. The number of carbonyl (C=O) groups is 2. The van der Waals surface area contributed by atoms with E-state index in [-0.39, 0.29) is 23.9 Å². The Balaban J connectivity index is 2.41. The van der Waals surface area contributed by atoms with Gasteiger partial charge in [0.05, 0.1) is 6.04 Å². The van der Waals surface area contributed by atoms with Crippen molar-refractivity contribution in [1.82, 2.24) is 16.0 Å². The minimum atomic E-state index is -0.487. The van der Waals surface area contributed by atoms with Crippen molar-refractivity contribution < 1.29 is 9.59 Å². The van der Waals surface area contributed by atoms with Gasteiger partial charge in [0.25, 0.3) is 0 Å². The van der Waals surface area contributed by atoms with Crippen LogP contribution >= 0.6 is 0 Å². The number of amides is 2. The number of piperidine rings is 1. The molecule has 1 aliphatic heterocycles. The van der Waals surface area contributed by atoms with Gasteiger partial charge in [0.15, 0.2) is 0 Å². The molecule has 0 aromatic heterocycles. The molecule has 3 N–H and O–H groups in total. The van der Waals surface area contributed by atoms with Crippen LogP contribution in [0.15, 0.2) is 0 Å². The highest BCUT2D eigenvalue weighted by atomic mass is 16.2. The van der Waals surface area contributed by atoms with Crippen LogP contribution in [0.3, 0.4) is 0 Å². The van der Waals surface area contributed by atoms with Crippen molar-refractivity contribution in [2.75, 3.05) is 0 Å². The van der Waals surface area contributed by atoms with E-state index in [0.717, 1.165) is 19.3 Å². The Bertz CT molecular complexity index is 305. The molecular weight excluding hydrogens is 230 g/mol. The van der Waals surface area contributed by atoms with Gasteiger partial charge in [0, 0.05) is 12.1 Å². The standard InChI is InChI=1S/C13H25N3O2/c1-8(2)14-12(17)10(4)16-13(18)11-7-5-6-9(3)15-11/h8-11,15H,5-7H2,1-4H3,(H,14,17)(H,16,18). The number of nitrogens with one attached hydrogen (secondary N) is 3. The van der Waals surface area contributed by atoms with Crippen LogP contribution in [0.1, 0.15) is 47.0 Å². The van der Waals surface area contributed by atoms with Gasteiger partial charge in [0.1, 0.15) is 6.04 Å². The number of hydrogen-bond donors (Lipinski definition) is 3. The zero-order chi connectivity index (χ0) is 13.7. The van der Waals surface area contributed by atoms with Crippen molar-refractivity contribution in [3.63, 3.8) is 0 Å². The average molecular weight is 255 g/mol. The maximum Gasteiger partial charge on any atom is 0.242 e. The lowest BCUT2D eigenvalue weighted by Gasteiger charge is -2.28. The lowest BCUT2D eigenvalue weighted by atomic mass is 9.99.